The van der Waals surface area contributed by atoms with Crippen molar-refractivity contribution >= 4 is 17.3 Å². The van der Waals surface area contributed by atoms with Crippen molar-refractivity contribution in [2.75, 3.05) is 37.7 Å². The monoisotopic (exact) mass is 344 g/mol. The maximum Gasteiger partial charge on any atom is 0.225 e. The second kappa shape index (κ2) is 6.78. The molecule has 4 rings (SSSR count). The summed E-state index contributed by atoms with van der Waals surface area (Å²) in [5.74, 6) is 1.12. The van der Waals surface area contributed by atoms with E-state index in [-0.39, 0.29) is 12.0 Å². The van der Waals surface area contributed by atoms with Crippen molar-refractivity contribution in [2.24, 2.45) is 11.3 Å². The molecule has 2 aromatic heterocycles. The lowest BCUT2D eigenvalue weighted by Crippen LogP contribution is -2.44. The maximum absolute atomic E-state index is 9.94. The number of hydrogen-bond donors (Lipinski definition) is 1. The molecular formula is C18H24N4OS. The molecule has 2 aromatic rings. The zero-order valence-electron chi connectivity index (χ0n) is 13.8. The largest absolute Gasteiger partial charge is 0.396 e. The third-order valence-corrected chi connectivity index (χ3v) is 6.54. The summed E-state index contributed by atoms with van der Waals surface area (Å²) in [7, 11) is 0. The lowest BCUT2D eigenvalue weighted by Gasteiger charge is -2.42. The zero-order chi connectivity index (χ0) is 16.4. The fourth-order valence-electron chi connectivity index (χ4n) is 4.24. The molecule has 1 spiro atoms. The van der Waals surface area contributed by atoms with Crippen LogP contribution in [0, 0.1) is 11.3 Å². The van der Waals surface area contributed by atoms with E-state index >= 15 is 0 Å². The van der Waals surface area contributed by atoms with Gasteiger partial charge in [0, 0.05) is 49.4 Å². The van der Waals surface area contributed by atoms with Gasteiger partial charge in [-0.15, -0.1) is 11.3 Å². The van der Waals surface area contributed by atoms with E-state index in [1.807, 2.05) is 17.4 Å². The van der Waals surface area contributed by atoms with Gasteiger partial charge in [0.25, 0.3) is 0 Å². The molecular weight excluding hydrogens is 320 g/mol. The molecule has 0 radical (unpaired) electrons. The molecule has 2 saturated heterocycles. The Morgan fingerprint density at radius 1 is 1.21 bits per heavy atom. The second-order valence-electron chi connectivity index (χ2n) is 7.03. The molecule has 1 atom stereocenters. The number of aromatic nitrogens is 2. The van der Waals surface area contributed by atoms with Crippen LogP contribution in [0.5, 0.6) is 0 Å². The second-order valence-corrected chi connectivity index (χ2v) is 8.06. The van der Waals surface area contributed by atoms with Gasteiger partial charge in [-0.2, -0.15) is 0 Å². The van der Waals surface area contributed by atoms with E-state index in [0.29, 0.717) is 5.92 Å². The molecule has 5 nitrogen and oxygen atoms in total. The molecule has 2 aliphatic rings. The number of thiophene rings is 1. The molecule has 4 heterocycles. The summed E-state index contributed by atoms with van der Waals surface area (Å²) in [5, 5.41) is 12.1. The summed E-state index contributed by atoms with van der Waals surface area (Å²) in [6, 6.07) is 6.19. The highest BCUT2D eigenvalue weighted by molar-refractivity contribution is 7.09. The standard InChI is InChI=1S/C18H24N4OS/c23-13-15-11-22(17-19-6-2-7-20-17)14-18(15)4-8-21(9-5-18)12-16-3-1-10-24-16/h1-3,6-7,10,15,23H,4-5,8-9,11-14H2. The molecule has 0 aromatic carbocycles. The van der Waals surface area contributed by atoms with Crippen LogP contribution in [-0.2, 0) is 6.54 Å². The smallest absolute Gasteiger partial charge is 0.225 e. The van der Waals surface area contributed by atoms with Crippen LogP contribution >= 0.6 is 11.3 Å². The van der Waals surface area contributed by atoms with E-state index in [1.165, 1.54) is 4.88 Å². The fraction of sp³-hybridized carbons (Fsp3) is 0.556. The first-order chi connectivity index (χ1) is 11.8. The Balaban J connectivity index is 1.43. The van der Waals surface area contributed by atoms with Crippen molar-refractivity contribution in [3.8, 4) is 0 Å². The van der Waals surface area contributed by atoms with Crippen LogP contribution in [0.15, 0.2) is 36.0 Å². The Labute approximate surface area is 147 Å². The Hall–Kier alpha value is -1.50. The van der Waals surface area contributed by atoms with Crippen LogP contribution < -0.4 is 4.90 Å². The van der Waals surface area contributed by atoms with Crippen LogP contribution in [0.3, 0.4) is 0 Å². The van der Waals surface area contributed by atoms with Gasteiger partial charge in [0.05, 0.1) is 0 Å². The van der Waals surface area contributed by atoms with E-state index in [0.717, 1.165) is 51.5 Å². The van der Waals surface area contributed by atoms with E-state index < -0.39 is 0 Å². The van der Waals surface area contributed by atoms with Crippen molar-refractivity contribution in [3.05, 3.63) is 40.8 Å². The predicted molar refractivity (Wildman–Crippen MR) is 96.1 cm³/mol. The van der Waals surface area contributed by atoms with Crippen LogP contribution in [0.4, 0.5) is 5.95 Å². The van der Waals surface area contributed by atoms with Gasteiger partial charge >= 0.3 is 0 Å². The van der Waals surface area contributed by atoms with Crippen molar-refractivity contribution in [2.45, 2.75) is 19.4 Å². The van der Waals surface area contributed by atoms with Crippen LogP contribution in [0.25, 0.3) is 0 Å². The molecule has 1 N–H and O–H groups in total. The van der Waals surface area contributed by atoms with Gasteiger partial charge in [0.2, 0.25) is 5.95 Å². The zero-order valence-corrected chi connectivity index (χ0v) is 14.7. The van der Waals surface area contributed by atoms with Gasteiger partial charge in [-0.05, 0) is 48.9 Å². The maximum atomic E-state index is 9.94. The van der Waals surface area contributed by atoms with E-state index in [2.05, 4.69) is 37.3 Å². The summed E-state index contributed by atoms with van der Waals surface area (Å²) in [5.41, 5.74) is 0.208. The van der Waals surface area contributed by atoms with Gasteiger partial charge in [-0.1, -0.05) is 6.07 Å². The van der Waals surface area contributed by atoms with Gasteiger partial charge in [0.1, 0.15) is 0 Å². The molecule has 0 aliphatic carbocycles. The quantitative estimate of drug-likeness (QED) is 0.922. The van der Waals surface area contributed by atoms with Gasteiger partial charge in [0.15, 0.2) is 0 Å². The van der Waals surface area contributed by atoms with Crippen molar-refractivity contribution < 1.29 is 5.11 Å². The highest BCUT2D eigenvalue weighted by Crippen LogP contribution is 2.45. The number of rotatable bonds is 4. The highest BCUT2D eigenvalue weighted by atomic mass is 32.1. The summed E-state index contributed by atoms with van der Waals surface area (Å²) >= 11 is 1.84. The first-order valence-corrected chi connectivity index (χ1v) is 9.55. The Morgan fingerprint density at radius 3 is 2.67 bits per heavy atom. The average Bonchev–Trinajstić information content (AvgIpc) is 3.26. The Kier molecular flexibility index (Phi) is 4.52. The van der Waals surface area contributed by atoms with Crippen LogP contribution in [-0.4, -0.2) is 52.8 Å². The minimum atomic E-state index is 0.208. The Bertz CT molecular complexity index is 640. The van der Waals surface area contributed by atoms with Crippen LogP contribution in [0.2, 0.25) is 0 Å². The Morgan fingerprint density at radius 2 is 2.00 bits per heavy atom. The molecule has 2 fully saturated rings. The van der Waals surface area contributed by atoms with Gasteiger partial charge < -0.3 is 10.0 Å². The summed E-state index contributed by atoms with van der Waals surface area (Å²) < 4.78 is 0. The normalized spacial score (nSPS) is 23.9. The number of anilines is 1. The molecule has 0 amide bonds. The topological polar surface area (TPSA) is 52.5 Å². The summed E-state index contributed by atoms with van der Waals surface area (Å²) in [6.45, 7) is 5.37. The van der Waals surface area contributed by atoms with Gasteiger partial charge in [-0.25, -0.2) is 9.97 Å². The van der Waals surface area contributed by atoms with Crippen LogP contribution in [0.1, 0.15) is 17.7 Å². The SMILES string of the molecule is OCC1CN(c2ncccn2)CC12CCN(Cc1cccs1)CC2. The van der Waals surface area contributed by atoms with Crippen molar-refractivity contribution in [3.63, 3.8) is 0 Å². The lowest BCUT2D eigenvalue weighted by molar-refractivity contribution is 0.0510. The third kappa shape index (κ3) is 3.06. The summed E-state index contributed by atoms with van der Waals surface area (Å²) in [4.78, 5) is 15.0. The number of aliphatic hydroxyl groups excluding tert-OH is 1. The molecule has 0 saturated carbocycles. The van der Waals surface area contributed by atoms with E-state index in [9.17, 15) is 5.11 Å². The highest BCUT2D eigenvalue weighted by Gasteiger charge is 2.48. The number of aliphatic hydroxyl groups is 1. The first kappa shape index (κ1) is 16.0. The minimum Gasteiger partial charge on any atom is -0.396 e. The molecule has 24 heavy (non-hydrogen) atoms. The number of piperidine rings is 1. The van der Waals surface area contributed by atoms with Gasteiger partial charge in [-0.3, -0.25) is 4.90 Å². The molecule has 2 aliphatic heterocycles. The molecule has 0 bridgehead atoms. The average molecular weight is 344 g/mol. The lowest BCUT2D eigenvalue weighted by atomic mass is 9.71. The van der Waals surface area contributed by atoms with Crippen molar-refractivity contribution in [1.29, 1.82) is 0 Å². The molecule has 1 unspecified atom stereocenters. The number of nitrogens with zero attached hydrogens (tertiary/aromatic N) is 4. The van der Waals surface area contributed by atoms with E-state index in [4.69, 9.17) is 0 Å². The molecule has 128 valence electrons. The van der Waals surface area contributed by atoms with E-state index in [1.54, 1.807) is 12.4 Å². The predicted octanol–water partition coefficient (Wildman–Crippen LogP) is 2.25. The molecule has 6 heteroatoms. The van der Waals surface area contributed by atoms with Crippen molar-refractivity contribution in [1.82, 2.24) is 14.9 Å². The summed E-state index contributed by atoms with van der Waals surface area (Å²) in [6.07, 6.45) is 5.88. The number of likely N-dealkylation sites (tertiary alicyclic amines) is 1. The number of hydrogen-bond acceptors (Lipinski definition) is 6. The third-order valence-electron chi connectivity index (χ3n) is 5.68. The first-order valence-electron chi connectivity index (χ1n) is 8.67. The fourth-order valence-corrected chi connectivity index (χ4v) is 4.98. The minimum absolute atomic E-state index is 0.208.